The van der Waals surface area contributed by atoms with E-state index in [9.17, 15) is 0 Å². The Morgan fingerprint density at radius 1 is 1.45 bits per heavy atom. The average Bonchev–Trinajstić information content (AvgIpc) is 2.15. The second-order valence-corrected chi connectivity index (χ2v) is 3.56. The van der Waals surface area contributed by atoms with Gasteiger partial charge in [0.2, 0.25) is 0 Å². The van der Waals surface area contributed by atoms with Gasteiger partial charge in [0, 0.05) is 12.6 Å². The van der Waals surface area contributed by atoms with Gasteiger partial charge in [0.25, 0.3) is 0 Å². The molecule has 0 radical (unpaired) electrons. The van der Waals surface area contributed by atoms with Gasteiger partial charge in [-0.2, -0.15) is 0 Å². The minimum Gasteiger partial charge on any atom is -0.327 e. The lowest BCUT2D eigenvalue weighted by Crippen LogP contribution is -2.36. The third kappa shape index (κ3) is 3.21. The molecule has 1 fully saturated rings. The summed E-state index contributed by atoms with van der Waals surface area (Å²) in [6.07, 6.45) is 5.14. The van der Waals surface area contributed by atoms with Crippen LogP contribution in [0.3, 0.4) is 0 Å². The molecule has 0 aromatic rings. The van der Waals surface area contributed by atoms with Gasteiger partial charge in [-0.15, -0.1) is 0 Å². The highest BCUT2D eigenvalue weighted by Gasteiger charge is 2.13. The van der Waals surface area contributed by atoms with Crippen molar-refractivity contribution >= 4 is 0 Å². The first kappa shape index (κ1) is 9.01. The summed E-state index contributed by atoms with van der Waals surface area (Å²) in [5.74, 6) is 0. The van der Waals surface area contributed by atoms with Gasteiger partial charge in [-0.25, -0.2) is 0 Å². The Morgan fingerprint density at radius 3 is 3.00 bits per heavy atom. The molecule has 0 spiro atoms. The predicted octanol–water partition coefficient (Wildman–Crippen LogP) is 1.21. The van der Waals surface area contributed by atoms with Crippen molar-refractivity contribution in [1.82, 2.24) is 4.90 Å². The molecule has 0 aliphatic carbocycles. The van der Waals surface area contributed by atoms with E-state index in [0.717, 1.165) is 6.54 Å². The fourth-order valence-electron chi connectivity index (χ4n) is 1.78. The predicted molar refractivity (Wildman–Crippen MR) is 48.6 cm³/mol. The topological polar surface area (TPSA) is 29.3 Å². The van der Waals surface area contributed by atoms with Gasteiger partial charge >= 0.3 is 0 Å². The molecule has 0 aromatic heterocycles. The molecule has 11 heavy (non-hydrogen) atoms. The fourth-order valence-corrected chi connectivity index (χ4v) is 1.78. The molecule has 0 saturated carbocycles. The van der Waals surface area contributed by atoms with Crippen LogP contribution in [0, 0.1) is 0 Å². The lowest BCUT2D eigenvalue weighted by Gasteiger charge is -2.20. The van der Waals surface area contributed by atoms with Crippen LogP contribution in [0.5, 0.6) is 0 Å². The maximum Gasteiger partial charge on any atom is 0.0167 e. The first-order valence-electron chi connectivity index (χ1n) is 4.81. The Labute approximate surface area is 69.8 Å². The molecular formula is C9H20N2. The summed E-state index contributed by atoms with van der Waals surface area (Å²) in [6.45, 7) is 5.85. The number of hydrogen-bond acceptors (Lipinski definition) is 2. The minimum absolute atomic E-state index is 0.434. The van der Waals surface area contributed by atoms with E-state index in [4.69, 9.17) is 5.73 Å². The smallest absolute Gasteiger partial charge is 0.0167 e. The van der Waals surface area contributed by atoms with Crippen molar-refractivity contribution in [2.45, 2.75) is 38.6 Å². The highest BCUT2D eigenvalue weighted by molar-refractivity contribution is 4.72. The summed E-state index contributed by atoms with van der Waals surface area (Å²) in [7, 11) is 0. The molecule has 0 aromatic carbocycles. The molecule has 2 heteroatoms. The molecule has 1 aliphatic rings. The van der Waals surface area contributed by atoms with Crippen molar-refractivity contribution in [3.05, 3.63) is 0 Å². The summed E-state index contributed by atoms with van der Waals surface area (Å²) in [6, 6.07) is 0.434. The van der Waals surface area contributed by atoms with Crippen LogP contribution >= 0.6 is 0 Å². The Bertz CT molecular complexity index is 104. The number of likely N-dealkylation sites (tertiary alicyclic amines) is 1. The van der Waals surface area contributed by atoms with Crippen molar-refractivity contribution < 1.29 is 0 Å². The SMILES string of the molecule is CCCN1CCCCC(N)C1. The monoisotopic (exact) mass is 156 g/mol. The standard InChI is InChI=1S/C9H20N2/c1-2-6-11-7-4-3-5-9(10)8-11/h9H,2-8,10H2,1H3. The van der Waals surface area contributed by atoms with Gasteiger partial charge in [-0.1, -0.05) is 13.3 Å². The number of nitrogens with two attached hydrogens (primary N) is 1. The molecule has 1 heterocycles. The van der Waals surface area contributed by atoms with Crippen LogP contribution in [0.1, 0.15) is 32.6 Å². The first-order chi connectivity index (χ1) is 5.33. The van der Waals surface area contributed by atoms with Crippen molar-refractivity contribution in [3.63, 3.8) is 0 Å². The van der Waals surface area contributed by atoms with Crippen LogP contribution < -0.4 is 5.73 Å². The van der Waals surface area contributed by atoms with E-state index in [0.29, 0.717) is 6.04 Å². The van der Waals surface area contributed by atoms with Crippen molar-refractivity contribution in [1.29, 1.82) is 0 Å². The average molecular weight is 156 g/mol. The van der Waals surface area contributed by atoms with E-state index in [1.54, 1.807) is 0 Å². The summed E-state index contributed by atoms with van der Waals surface area (Å²) in [5.41, 5.74) is 5.91. The van der Waals surface area contributed by atoms with Crippen LogP contribution in [-0.4, -0.2) is 30.6 Å². The molecule has 1 rings (SSSR count). The van der Waals surface area contributed by atoms with Gasteiger partial charge in [-0.05, 0) is 32.4 Å². The summed E-state index contributed by atoms with van der Waals surface area (Å²) in [5, 5.41) is 0. The van der Waals surface area contributed by atoms with Crippen molar-refractivity contribution in [3.8, 4) is 0 Å². The van der Waals surface area contributed by atoms with E-state index >= 15 is 0 Å². The van der Waals surface area contributed by atoms with E-state index in [-0.39, 0.29) is 0 Å². The molecule has 66 valence electrons. The lowest BCUT2D eigenvalue weighted by molar-refractivity contribution is 0.274. The van der Waals surface area contributed by atoms with Crippen LogP contribution in [0.15, 0.2) is 0 Å². The number of hydrogen-bond donors (Lipinski definition) is 1. The van der Waals surface area contributed by atoms with Gasteiger partial charge < -0.3 is 10.6 Å². The molecule has 0 amide bonds. The van der Waals surface area contributed by atoms with Gasteiger partial charge in [0.15, 0.2) is 0 Å². The third-order valence-electron chi connectivity index (χ3n) is 2.33. The van der Waals surface area contributed by atoms with Crippen molar-refractivity contribution in [2.24, 2.45) is 5.73 Å². The number of rotatable bonds is 2. The van der Waals surface area contributed by atoms with E-state index in [1.807, 2.05) is 0 Å². The zero-order valence-electron chi connectivity index (χ0n) is 7.55. The summed E-state index contributed by atoms with van der Waals surface area (Å²) in [4.78, 5) is 2.50. The summed E-state index contributed by atoms with van der Waals surface area (Å²) < 4.78 is 0. The molecule has 1 atom stereocenters. The van der Waals surface area contributed by atoms with Gasteiger partial charge in [0.05, 0.1) is 0 Å². The van der Waals surface area contributed by atoms with Crippen LogP contribution in [-0.2, 0) is 0 Å². The second-order valence-electron chi connectivity index (χ2n) is 3.56. The Hall–Kier alpha value is -0.0800. The number of nitrogens with zero attached hydrogens (tertiary/aromatic N) is 1. The lowest BCUT2D eigenvalue weighted by atomic mass is 10.2. The fraction of sp³-hybridized carbons (Fsp3) is 1.00. The van der Waals surface area contributed by atoms with E-state index < -0.39 is 0 Å². The molecule has 1 unspecified atom stereocenters. The van der Waals surface area contributed by atoms with Crippen LogP contribution in [0.4, 0.5) is 0 Å². The molecular weight excluding hydrogens is 136 g/mol. The second kappa shape index (κ2) is 4.73. The van der Waals surface area contributed by atoms with Crippen LogP contribution in [0.25, 0.3) is 0 Å². The largest absolute Gasteiger partial charge is 0.327 e. The molecule has 1 saturated heterocycles. The zero-order valence-corrected chi connectivity index (χ0v) is 7.55. The van der Waals surface area contributed by atoms with E-state index in [1.165, 1.54) is 38.8 Å². The van der Waals surface area contributed by atoms with Gasteiger partial charge in [0.1, 0.15) is 0 Å². The van der Waals surface area contributed by atoms with E-state index in [2.05, 4.69) is 11.8 Å². The van der Waals surface area contributed by atoms with Gasteiger partial charge in [-0.3, -0.25) is 0 Å². The normalized spacial score (nSPS) is 28.4. The Balaban J connectivity index is 2.27. The highest BCUT2D eigenvalue weighted by Crippen LogP contribution is 2.08. The van der Waals surface area contributed by atoms with Crippen LogP contribution in [0.2, 0.25) is 0 Å². The quantitative estimate of drug-likeness (QED) is 0.651. The Kier molecular flexibility index (Phi) is 3.87. The molecule has 0 bridgehead atoms. The van der Waals surface area contributed by atoms with Crippen molar-refractivity contribution in [2.75, 3.05) is 19.6 Å². The molecule has 1 aliphatic heterocycles. The maximum atomic E-state index is 5.91. The molecule has 2 N–H and O–H groups in total. The zero-order chi connectivity index (χ0) is 8.10. The summed E-state index contributed by atoms with van der Waals surface area (Å²) >= 11 is 0. The highest BCUT2D eigenvalue weighted by atomic mass is 15.1. The maximum absolute atomic E-state index is 5.91. The third-order valence-corrected chi connectivity index (χ3v) is 2.33. The first-order valence-corrected chi connectivity index (χ1v) is 4.81. The minimum atomic E-state index is 0.434. The Morgan fingerprint density at radius 2 is 2.27 bits per heavy atom. The molecule has 2 nitrogen and oxygen atoms in total.